The minimum Gasteiger partial charge on any atom is -0.436 e. The number of benzene rings is 2. The van der Waals surface area contributed by atoms with E-state index in [0.29, 0.717) is 10.9 Å². The molecule has 110 valence electrons. The summed E-state index contributed by atoms with van der Waals surface area (Å²) in [5, 5.41) is 1.25. The number of carbonyl (C=O) groups is 1. The maximum Gasteiger partial charge on any atom is 0.219 e. The van der Waals surface area contributed by atoms with Gasteiger partial charge in [-0.3, -0.25) is 4.79 Å². The predicted octanol–water partition coefficient (Wildman–Crippen LogP) is 5.13. The Kier molecular flexibility index (Phi) is 3.90. The third-order valence-electron chi connectivity index (χ3n) is 3.24. The number of carbonyl (C=O) groups excluding carboxylic acids is 1. The molecule has 0 spiro atoms. The van der Waals surface area contributed by atoms with Gasteiger partial charge < -0.3 is 4.74 Å². The number of hydrogen-bond donors (Lipinski definition) is 0. The van der Waals surface area contributed by atoms with Crippen molar-refractivity contribution in [3.63, 3.8) is 0 Å². The predicted molar refractivity (Wildman–Crippen MR) is 85.9 cm³/mol. The highest BCUT2D eigenvalue weighted by Crippen LogP contribution is 2.30. The van der Waals surface area contributed by atoms with E-state index in [0.717, 1.165) is 9.86 Å². The molecular weight excluding hydrogens is 349 g/mol. The van der Waals surface area contributed by atoms with E-state index >= 15 is 0 Å². The Hall–Kier alpha value is -2.27. The molecule has 0 atom stereocenters. The molecule has 3 aromatic rings. The first kappa shape index (κ1) is 14.7. The molecule has 0 bridgehead atoms. The Bertz CT molecular complexity index is 862. The smallest absolute Gasteiger partial charge is 0.219 e. The SMILES string of the molecule is CC(=O)c1ccc(Oc2ccc3cc(Br)ccc3c2F)nc1. The Morgan fingerprint density at radius 3 is 2.68 bits per heavy atom. The Morgan fingerprint density at radius 1 is 1.18 bits per heavy atom. The summed E-state index contributed by atoms with van der Waals surface area (Å²) in [6, 6.07) is 11.8. The van der Waals surface area contributed by atoms with Gasteiger partial charge in [-0.1, -0.05) is 28.1 Å². The van der Waals surface area contributed by atoms with Crippen LogP contribution in [0.15, 0.2) is 53.1 Å². The van der Waals surface area contributed by atoms with Gasteiger partial charge in [0, 0.05) is 27.7 Å². The number of fused-ring (bicyclic) bond motifs is 1. The van der Waals surface area contributed by atoms with Gasteiger partial charge in [-0.25, -0.2) is 9.37 Å². The number of hydrogen-bond acceptors (Lipinski definition) is 3. The Labute approximate surface area is 134 Å². The monoisotopic (exact) mass is 359 g/mol. The minimum absolute atomic E-state index is 0.0819. The van der Waals surface area contributed by atoms with E-state index in [1.54, 1.807) is 36.4 Å². The average Bonchev–Trinajstić information content (AvgIpc) is 2.50. The van der Waals surface area contributed by atoms with Crippen LogP contribution in [0.2, 0.25) is 0 Å². The summed E-state index contributed by atoms with van der Waals surface area (Å²) in [7, 11) is 0. The van der Waals surface area contributed by atoms with Crippen LogP contribution in [0.1, 0.15) is 17.3 Å². The fourth-order valence-corrected chi connectivity index (χ4v) is 2.46. The molecule has 22 heavy (non-hydrogen) atoms. The normalized spacial score (nSPS) is 10.7. The number of nitrogens with zero attached hydrogens (tertiary/aromatic N) is 1. The van der Waals surface area contributed by atoms with Gasteiger partial charge in [0.2, 0.25) is 5.88 Å². The summed E-state index contributed by atoms with van der Waals surface area (Å²) in [5.74, 6) is -0.192. The fraction of sp³-hybridized carbons (Fsp3) is 0.0588. The van der Waals surface area contributed by atoms with Crippen LogP contribution in [-0.2, 0) is 0 Å². The minimum atomic E-state index is -0.442. The van der Waals surface area contributed by atoms with Gasteiger partial charge in [-0.05, 0) is 36.6 Å². The zero-order valence-electron chi connectivity index (χ0n) is 11.6. The van der Waals surface area contributed by atoms with Crippen molar-refractivity contribution in [2.45, 2.75) is 6.92 Å². The second-order valence-corrected chi connectivity index (χ2v) is 5.70. The van der Waals surface area contributed by atoms with E-state index in [1.807, 2.05) is 6.07 Å². The maximum atomic E-state index is 14.5. The van der Waals surface area contributed by atoms with Crippen molar-refractivity contribution in [2.75, 3.05) is 0 Å². The number of ether oxygens (including phenoxy) is 1. The first-order chi connectivity index (χ1) is 10.5. The summed E-state index contributed by atoms with van der Waals surface area (Å²) in [6.07, 6.45) is 1.41. The second kappa shape index (κ2) is 5.85. The van der Waals surface area contributed by atoms with Crippen LogP contribution in [0.5, 0.6) is 11.6 Å². The van der Waals surface area contributed by atoms with Gasteiger partial charge >= 0.3 is 0 Å². The highest BCUT2D eigenvalue weighted by Gasteiger charge is 2.10. The lowest BCUT2D eigenvalue weighted by Crippen LogP contribution is -1.95. The van der Waals surface area contributed by atoms with Gasteiger partial charge in [0.1, 0.15) is 0 Å². The lowest BCUT2D eigenvalue weighted by Gasteiger charge is -2.08. The largest absolute Gasteiger partial charge is 0.436 e. The van der Waals surface area contributed by atoms with Crippen LogP contribution < -0.4 is 4.74 Å². The molecule has 1 heterocycles. The molecule has 0 radical (unpaired) electrons. The maximum absolute atomic E-state index is 14.5. The van der Waals surface area contributed by atoms with Crippen molar-refractivity contribution in [1.82, 2.24) is 4.98 Å². The molecule has 0 saturated carbocycles. The molecule has 0 amide bonds. The standard InChI is InChI=1S/C17H11BrFNO2/c1-10(21)12-3-7-16(20-9-12)22-15-6-2-11-8-13(18)4-5-14(11)17(15)19/h2-9H,1H3. The number of halogens is 2. The topological polar surface area (TPSA) is 39.2 Å². The van der Waals surface area contributed by atoms with Crippen LogP contribution in [0.4, 0.5) is 4.39 Å². The van der Waals surface area contributed by atoms with E-state index in [-0.39, 0.29) is 17.4 Å². The molecule has 0 N–H and O–H groups in total. The van der Waals surface area contributed by atoms with Crippen molar-refractivity contribution >= 4 is 32.5 Å². The number of rotatable bonds is 3. The Morgan fingerprint density at radius 2 is 2.00 bits per heavy atom. The van der Waals surface area contributed by atoms with Crippen LogP contribution in [0.3, 0.4) is 0 Å². The van der Waals surface area contributed by atoms with Gasteiger partial charge in [0.25, 0.3) is 0 Å². The molecule has 0 aliphatic heterocycles. The molecule has 5 heteroatoms. The zero-order valence-corrected chi connectivity index (χ0v) is 13.2. The molecule has 3 rings (SSSR count). The van der Waals surface area contributed by atoms with Crippen LogP contribution in [0, 0.1) is 5.82 Å². The molecule has 0 aliphatic rings. The van der Waals surface area contributed by atoms with Crippen molar-refractivity contribution in [3.8, 4) is 11.6 Å². The summed E-state index contributed by atoms with van der Waals surface area (Å²) in [5.41, 5.74) is 0.483. The first-order valence-corrected chi connectivity index (χ1v) is 7.36. The lowest BCUT2D eigenvalue weighted by molar-refractivity contribution is 0.101. The highest BCUT2D eigenvalue weighted by atomic mass is 79.9. The molecule has 0 saturated heterocycles. The lowest BCUT2D eigenvalue weighted by atomic mass is 10.1. The molecule has 0 unspecified atom stereocenters. The molecule has 3 nitrogen and oxygen atoms in total. The highest BCUT2D eigenvalue weighted by molar-refractivity contribution is 9.10. The van der Waals surface area contributed by atoms with E-state index in [4.69, 9.17) is 4.74 Å². The first-order valence-electron chi connectivity index (χ1n) is 6.57. The van der Waals surface area contributed by atoms with Gasteiger partial charge in [-0.2, -0.15) is 0 Å². The van der Waals surface area contributed by atoms with Crippen molar-refractivity contribution in [3.05, 3.63) is 64.5 Å². The molecule has 2 aromatic carbocycles. The van der Waals surface area contributed by atoms with Crippen LogP contribution in [0.25, 0.3) is 10.8 Å². The molecular formula is C17H11BrFNO2. The van der Waals surface area contributed by atoms with E-state index in [1.165, 1.54) is 13.1 Å². The van der Waals surface area contributed by atoms with Crippen molar-refractivity contribution in [1.29, 1.82) is 0 Å². The van der Waals surface area contributed by atoms with Gasteiger partial charge in [0.05, 0.1) is 0 Å². The second-order valence-electron chi connectivity index (χ2n) is 4.79. The molecule has 1 aromatic heterocycles. The van der Waals surface area contributed by atoms with Crippen LogP contribution in [-0.4, -0.2) is 10.8 Å². The number of aromatic nitrogens is 1. The summed E-state index contributed by atoms with van der Waals surface area (Å²) in [6.45, 7) is 1.46. The number of pyridine rings is 1. The van der Waals surface area contributed by atoms with Gasteiger partial charge in [-0.15, -0.1) is 0 Å². The summed E-state index contributed by atoms with van der Waals surface area (Å²) in [4.78, 5) is 15.2. The zero-order chi connectivity index (χ0) is 15.7. The summed E-state index contributed by atoms with van der Waals surface area (Å²) < 4.78 is 20.8. The quantitative estimate of drug-likeness (QED) is 0.608. The van der Waals surface area contributed by atoms with E-state index in [9.17, 15) is 9.18 Å². The summed E-state index contributed by atoms with van der Waals surface area (Å²) >= 11 is 3.36. The average molecular weight is 360 g/mol. The van der Waals surface area contributed by atoms with Crippen LogP contribution >= 0.6 is 15.9 Å². The third-order valence-corrected chi connectivity index (χ3v) is 3.73. The fourth-order valence-electron chi connectivity index (χ4n) is 2.08. The third kappa shape index (κ3) is 2.85. The molecule has 0 aliphatic carbocycles. The molecule has 0 fully saturated rings. The van der Waals surface area contributed by atoms with E-state index < -0.39 is 5.82 Å². The number of Topliss-reactive ketones (excluding diaryl/α,β-unsaturated/α-hetero) is 1. The Balaban J connectivity index is 1.95. The van der Waals surface area contributed by atoms with Crippen molar-refractivity contribution in [2.24, 2.45) is 0 Å². The number of ketones is 1. The van der Waals surface area contributed by atoms with Gasteiger partial charge in [0.15, 0.2) is 17.3 Å². The van der Waals surface area contributed by atoms with E-state index in [2.05, 4.69) is 20.9 Å². The van der Waals surface area contributed by atoms with Crippen molar-refractivity contribution < 1.29 is 13.9 Å².